The lowest BCUT2D eigenvalue weighted by Crippen LogP contribution is -2.46. The Morgan fingerprint density at radius 1 is 1.35 bits per heavy atom. The van der Waals surface area contributed by atoms with E-state index in [1.807, 2.05) is 0 Å². The molecule has 0 aliphatic carbocycles. The van der Waals surface area contributed by atoms with Gasteiger partial charge in [-0.3, -0.25) is 0 Å². The average Bonchev–Trinajstić information content (AvgIpc) is 2.45. The Bertz CT molecular complexity index is 403. The number of hydrogen-bond donors (Lipinski definition) is 3. The van der Waals surface area contributed by atoms with Gasteiger partial charge in [-0.05, 0) is 25.3 Å². The van der Waals surface area contributed by atoms with E-state index in [-0.39, 0.29) is 18.8 Å². The third kappa shape index (κ3) is 4.87. The van der Waals surface area contributed by atoms with E-state index in [9.17, 15) is 10.2 Å². The monoisotopic (exact) mass is 278 g/mol. The Labute approximate surface area is 121 Å². The summed E-state index contributed by atoms with van der Waals surface area (Å²) in [6.45, 7) is 5.70. The topological polar surface area (TPSA) is 55.7 Å². The van der Waals surface area contributed by atoms with Crippen molar-refractivity contribution in [3.8, 4) is 0 Å². The van der Waals surface area contributed by atoms with E-state index in [1.54, 1.807) is 0 Å². The third-order valence-electron chi connectivity index (χ3n) is 3.93. The van der Waals surface area contributed by atoms with Crippen molar-refractivity contribution in [1.29, 1.82) is 0 Å². The van der Waals surface area contributed by atoms with Crippen LogP contribution < -0.4 is 5.32 Å². The maximum absolute atomic E-state index is 9.50. The lowest BCUT2D eigenvalue weighted by molar-refractivity contribution is 0.0723. The van der Waals surface area contributed by atoms with Crippen molar-refractivity contribution < 1.29 is 10.2 Å². The first-order chi connectivity index (χ1) is 9.67. The molecule has 4 heteroatoms. The van der Waals surface area contributed by atoms with Crippen LogP contribution in [0.15, 0.2) is 24.3 Å². The third-order valence-corrected chi connectivity index (χ3v) is 3.93. The number of nitrogens with one attached hydrogen (secondary N) is 1. The highest BCUT2D eigenvalue weighted by Crippen LogP contribution is 2.10. The minimum Gasteiger partial charge on any atom is -0.395 e. The van der Waals surface area contributed by atoms with Crippen molar-refractivity contribution in [3.63, 3.8) is 0 Å². The van der Waals surface area contributed by atoms with Crippen LogP contribution in [0.5, 0.6) is 0 Å². The van der Waals surface area contributed by atoms with Crippen LogP contribution in [0.1, 0.15) is 24.0 Å². The van der Waals surface area contributed by atoms with Gasteiger partial charge in [-0.1, -0.05) is 29.8 Å². The molecule has 1 aliphatic rings. The van der Waals surface area contributed by atoms with Crippen LogP contribution in [0.25, 0.3) is 0 Å². The molecule has 2 rings (SSSR count). The Balaban J connectivity index is 1.77. The Hall–Kier alpha value is -0.940. The fourth-order valence-electron chi connectivity index (χ4n) is 2.68. The normalized spacial score (nSPS) is 19.1. The lowest BCUT2D eigenvalue weighted by atomic mass is 10.1. The summed E-state index contributed by atoms with van der Waals surface area (Å²) in [5.41, 5.74) is 2.51. The van der Waals surface area contributed by atoms with Gasteiger partial charge >= 0.3 is 0 Å². The molecule has 3 N–H and O–H groups in total. The van der Waals surface area contributed by atoms with E-state index in [4.69, 9.17) is 0 Å². The number of likely N-dealkylation sites (tertiary alicyclic amines) is 1. The molecule has 0 bridgehead atoms. The van der Waals surface area contributed by atoms with Gasteiger partial charge < -0.3 is 20.4 Å². The lowest BCUT2D eigenvalue weighted by Gasteiger charge is -2.32. The van der Waals surface area contributed by atoms with E-state index in [2.05, 4.69) is 41.4 Å². The summed E-state index contributed by atoms with van der Waals surface area (Å²) >= 11 is 0. The summed E-state index contributed by atoms with van der Waals surface area (Å²) in [7, 11) is 0. The van der Waals surface area contributed by atoms with E-state index in [0.29, 0.717) is 0 Å². The van der Waals surface area contributed by atoms with E-state index >= 15 is 0 Å². The Morgan fingerprint density at radius 2 is 2.10 bits per heavy atom. The Morgan fingerprint density at radius 3 is 2.75 bits per heavy atom. The smallest absolute Gasteiger partial charge is 0.0597 e. The number of nitrogens with zero attached hydrogens (tertiary/aromatic N) is 1. The van der Waals surface area contributed by atoms with Gasteiger partial charge in [-0.2, -0.15) is 0 Å². The first-order valence-corrected chi connectivity index (χ1v) is 7.47. The fourth-order valence-corrected chi connectivity index (χ4v) is 2.68. The number of aliphatic hydroxyl groups excluding tert-OH is 2. The summed E-state index contributed by atoms with van der Waals surface area (Å²) in [6, 6.07) is 8.51. The van der Waals surface area contributed by atoms with Gasteiger partial charge in [-0.15, -0.1) is 0 Å². The maximum Gasteiger partial charge on any atom is 0.0597 e. The SMILES string of the molecule is Cc1cccc(CNC(CO)CN2CCC(O)CC2)c1. The molecule has 1 heterocycles. The number of benzene rings is 1. The zero-order valence-corrected chi connectivity index (χ0v) is 12.3. The van der Waals surface area contributed by atoms with Gasteiger partial charge in [0.2, 0.25) is 0 Å². The van der Waals surface area contributed by atoms with Crippen molar-refractivity contribution in [2.75, 3.05) is 26.2 Å². The minimum atomic E-state index is -0.140. The molecular weight excluding hydrogens is 252 g/mol. The van der Waals surface area contributed by atoms with Crippen molar-refractivity contribution in [1.82, 2.24) is 10.2 Å². The average molecular weight is 278 g/mol. The molecule has 4 nitrogen and oxygen atoms in total. The first-order valence-electron chi connectivity index (χ1n) is 7.47. The number of aliphatic hydroxyl groups is 2. The standard InChI is InChI=1S/C16H26N2O2/c1-13-3-2-4-14(9-13)10-17-15(12-19)11-18-7-5-16(20)6-8-18/h2-4,9,15-17,19-20H,5-8,10-12H2,1H3. The predicted molar refractivity (Wildman–Crippen MR) is 80.6 cm³/mol. The first kappa shape index (κ1) is 15.4. The zero-order chi connectivity index (χ0) is 14.4. The van der Waals surface area contributed by atoms with Crippen LogP contribution >= 0.6 is 0 Å². The molecule has 1 saturated heterocycles. The summed E-state index contributed by atoms with van der Waals surface area (Å²) in [6.07, 6.45) is 1.55. The second kappa shape index (κ2) is 7.74. The zero-order valence-electron chi connectivity index (χ0n) is 12.3. The highest BCUT2D eigenvalue weighted by atomic mass is 16.3. The number of aryl methyl sites for hydroxylation is 1. The van der Waals surface area contributed by atoms with Gasteiger partial charge in [0.05, 0.1) is 12.7 Å². The number of hydrogen-bond acceptors (Lipinski definition) is 4. The predicted octanol–water partition coefficient (Wildman–Crippen LogP) is 0.902. The van der Waals surface area contributed by atoms with Crippen LogP contribution in [0.3, 0.4) is 0 Å². The van der Waals surface area contributed by atoms with Gasteiger partial charge in [-0.25, -0.2) is 0 Å². The van der Waals surface area contributed by atoms with Gasteiger partial charge in [0.1, 0.15) is 0 Å². The molecule has 1 fully saturated rings. The molecule has 1 aliphatic heterocycles. The summed E-state index contributed by atoms with van der Waals surface area (Å²) in [5, 5.41) is 22.4. The van der Waals surface area contributed by atoms with Crippen LogP contribution in [0.2, 0.25) is 0 Å². The minimum absolute atomic E-state index is 0.0887. The second-order valence-electron chi connectivity index (χ2n) is 5.78. The highest BCUT2D eigenvalue weighted by molar-refractivity contribution is 5.22. The molecule has 1 atom stereocenters. The van der Waals surface area contributed by atoms with Crippen LogP contribution in [0.4, 0.5) is 0 Å². The highest BCUT2D eigenvalue weighted by Gasteiger charge is 2.19. The molecule has 20 heavy (non-hydrogen) atoms. The molecule has 1 aromatic rings. The maximum atomic E-state index is 9.50. The molecule has 0 aromatic heterocycles. The van der Waals surface area contributed by atoms with Crippen molar-refractivity contribution in [2.45, 2.75) is 38.5 Å². The van der Waals surface area contributed by atoms with Crippen molar-refractivity contribution in [3.05, 3.63) is 35.4 Å². The van der Waals surface area contributed by atoms with E-state index in [0.717, 1.165) is 39.0 Å². The molecule has 112 valence electrons. The van der Waals surface area contributed by atoms with Crippen LogP contribution in [-0.4, -0.2) is 53.5 Å². The molecule has 1 aromatic carbocycles. The van der Waals surface area contributed by atoms with Gasteiger partial charge in [0.15, 0.2) is 0 Å². The molecule has 0 spiro atoms. The number of rotatable bonds is 6. The summed E-state index contributed by atoms with van der Waals surface area (Å²) in [5.74, 6) is 0. The van der Waals surface area contributed by atoms with Crippen molar-refractivity contribution >= 4 is 0 Å². The van der Waals surface area contributed by atoms with E-state index < -0.39 is 0 Å². The molecular formula is C16H26N2O2. The largest absolute Gasteiger partial charge is 0.395 e. The number of piperidine rings is 1. The summed E-state index contributed by atoms with van der Waals surface area (Å²) in [4.78, 5) is 2.32. The van der Waals surface area contributed by atoms with Gasteiger partial charge in [0.25, 0.3) is 0 Å². The van der Waals surface area contributed by atoms with Crippen molar-refractivity contribution in [2.24, 2.45) is 0 Å². The Kier molecular flexibility index (Phi) is 5.98. The molecule has 0 amide bonds. The fraction of sp³-hybridized carbons (Fsp3) is 0.625. The quantitative estimate of drug-likeness (QED) is 0.724. The summed E-state index contributed by atoms with van der Waals surface area (Å²) < 4.78 is 0. The van der Waals surface area contributed by atoms with E-state index in [1.165, 1.54) is 11.1 Å². The van der Waals surface area contributed by atoms with Crippen LogP contribution in [-0.2, 0) is 6.54 Å². The molecule has 1 unspecified atom stereocenters. The second-order valence-corrected chi connectivity index (χ2v) is 5.78. The molecule has 0 saturated carbocycles. The van der Waals surface area contributed by atoms with Crippen LogP contribution in [0, 0.1) is 6.92 Å². The molecule has 0 radical (unpaired) electrons. The van der Waals surface area contributed by atoms with Gasteiger partial charge in [0, 0.05) is 32.2 Å².